The molecule has 0 radical (unpaired) electrons. The Bertz CT molecular complexity index is 253. The van der Waals surface area contributed by atoms with Crippen LogP contribution in [0, 0.1) is 11.3 Å². The molecule has 0 aromatic heterocycles. The molecule has 1 atom stereocenters. The standard InChI is InChI=1S/C13H26N2O2/c1-13(2,3)8-11(15-12(16)17)9-4-6-10(14)7-5-9/h9-11,15H,4-8,14H2,1-3H3,(H,16,17)/t9?,10?,11-/m1/s1. The van der Waals surface area contributed by atoms with Gasteiger partial charge in [-0.05, 0) is 43.4 Å². The number of hydrogen-bond donors (Lipinski definition) is 3. The summed E-state index contributed by atoms with van der Waals surface area (Å²) in [5.41, 5.74) is 6.03. The molecule has 1 saturated carbocycles. The summed E-state index contributed by atoms with van der Waals surface area (Å²) in [5, 5.41) is 11.6. The molecular formula is C13H26N2O2. The van der Waals surface area contributed by atoms with Crippen molar-refractivity contribution in [3.63, 3.8) is 0 Å². The highest BCUT2D eigenvalue weighted by Crippen LogP contribution is 2.32. The molecule has 4 nitrogen and oxygen atoms in total. The van der Waals surface area contributed by atoms with E-state index in [-0.39, 0.29) is 11.5 Å². The van der Waals surface area contributed by atoms with Gasteiger partial charge in [-0.25, -0.2) is 4.79 Å². The first kappa shape index (κ1) is 14.3. The van der Waals surface area contributed by atoms with Gasteiger partial charge in [-0.2, -0.15) is 0 Å². The SMILES string of the molecule is CC(C)(C)C[C@@H](NC(=O)O)C1CCC(N)CC1. The van der Waals surface area contributed by atoms with Crippen LogP contribution < -0.4 is 11.1 Å². The van der Waals surface area contributed by atoms with E-state index in [0.29, 0.717) is 12.0 Å². The Morgan fingerprint density at radius 1 is 1.35 bits per heavy atom. The van der Waals surface area contributed by atoms with Crippen LogP contribution in [-0.2, 0) is 0 Å². The first-order valence-electron chi connectivity index (χ1n) is 6.53. The minimum absolute atomic E-state index is 0.0694. The molecule has 1 fully saturated rings. The van der Waals surface area contributed by atoms with Gasteiger partial charge in [-0.1, -0.05) is 20.8 Å². The molecule has 0 spiro atoms. The second-order valence-corrected chi connectivity index (χ2v) is 6.50. The minimum Gasteiger partial charge on any atom is -0.465 e. The molecule has 0 aromatic rings. The van der Waals surface area contributed by atoms with Crippen molar-refractivity contribution >= 4 is 6.09 Å². The molecule has 1 aliphatic rings. The molecule has 4 N–H and O–H groups in total. The highest BCUT2D eigenvalue weighted by molar-refractivity contribution is 5.64. The van der Waals surface area contributed by atoms with E-state index in [9.17, 15) is 4.79 Å². The average molecular weight is 242 g/mol. The van der Waals surface area contributed by atoms with Crippen molar-refractivity contribution in [2.24, 2.45) is 17.1 Å². The predicted octanol–water partition coefficient (Wildman–Crippen LogP) is 2.58. The van der Waals surface area contributed by atoms with E-state index in [0.717, 1.165) is 32.1 Å². The summed E-state index contributed by atoms with van der Waals surface area (Å²) < 4.78 is 0. The number of carbonyl (C=O) groups is 1. The highest BCUT2D eigenvalue weighted by Gasteiger charge is 2.30. The Hall–Kier alpha value is -0.770. The fourth-order valence-corrected chi connectivity index (χ4v) is 2.70. The van der Waals surface area contributed by atoms with Gasteiger partial charge in [-0.3, -0.25) is 0 Å². The topological polar surface area (TPSA) is 75.3 Å². The summed E-state index contributed by atoms with van der Waals surface area (Å²) in [4.78, 5) is 10.9. The lowest BCUT2D eigenvalue weighted by molar-refractivity contribution is 0.161. The Morgan fingerprint density at radius 3 is 2.29 bits per heavy atom. The van der Waals surface area contributed by atoms with Crippen molar-refractivity contribution < 1.29 is 9.90 Å². The summed E-state index contributed by atoms with van der Waals surface area (Å²) in [5.74, 6) is 0.449. The number of hydrogen-bond acceptors (Lipinski definition) is 2. The van der Waals surface area contributed by atoms with Crippen molar-refractivity contribution in [1.82, 2.24) is 5.32 Å². The quantitative estimate of drug-likeness (QED) is 0.712. The van der Waals surface area contributed by atoms with E-state index in [2.05, 4.69) is 26.1 Å². The lowest BCUT2D eigenvalue weighted by atomic mass is 9.76. The predicted molar refractivity (Wildman–Crippen MR) is 69.0 cm³/mol. The molecule has 0 saturated heterocycles. The Morgan fingerprint density at radius 2 is 1.88 bits per heavy atom. The van der Waals surface area contributed by atoms with Crippen LogP contribution in [0.2, 0.25) is 0 Å². The van der Waals surface area contributed by atoms with Gasteiger partial charge >= 0.3 is 6.09 Å². The van der Waals surface area contributed by atoms with Gasteiger partial charge in [0, 0.05) is 12.1 Å². The van der Waals surface area contributed by atoms with Crippen molar-refractivity contribution in [3.8, 4) is 0 Å². The van der Waals surface area contributed by atoms with Gasteiger partial charge in [0.1, 0.15) is 0 Å². The van der Waals surface area contributed by atoms with Crippen LogP contribution in [0.4, 0.5) is 4.79 Å². The maximum absolute atomic E-state index is 10.9. The monoisotopic (exact) mass is 242 g/mol. The average Bonchev–Trinajstić information content (AvgIpc) is 2.14. The molecule has 0 aromatic carbocycles. The van der Waals surface area contributed by atoms with E-state index in [1.807, 2.05) is 0 Å². The van der Waals surface area contributed by atoms with Crippen molar-refractivity contribution in [1.29, 1.82) is 0 Å². The normalized spacial score (nSPS) is 27.5. The summed E-state index contributed by atoms with van der Waals surface area (Å²) in [6, 6.07) is 0.381. The second-order valence-electron chi connectivity index (χ2n) is 6.50. The highest BCUT2D eigenvalue weighted by atomic mass is 16.4. The first-order chi connectivity index (χ1) is 7.78. The van der Waals surface area contributed by atoms with Crippen molar-refractivity contribution in [3.05, 3.63) is 0 Å². The maximum Gasteiger partial charge on any atom is 0.404 e. The van der Waals surface area contributed by atoms with Gasteiger partial charge < -0.3 is 16.2 Å². The number of nitrogens with two attached hydrogens (primary N) is 1. The van der Waals surface area contributed by atoms with Gasteiger partial charge in [-0.15, -0.1) is 0 Å². The molecule has 0 aliphatic heterocycles. The zero-order chi connectivity index (χ0) is 13.1. The Kier molecular flexibility index (Phi) is 4.80. The Labute approximate surface area is 104 Å². The zero-order valence-electron chi connectivity index (χ0n) is 11.2. The third-order valence-electron chi connectivity index (χ3n) is 3.53. The smallest absolute Gasteiger partial charge is 0.404 e. The number of amides is 1. The maximum atomic E-state index is 10.9. The van der Waals surface area contributed by atoms with Crippen LogP contribution in [0.1, 0.15) is 52.9 Å². The van der Waals surface area contributed by atoms with E-state index in [4.69, 9.17) is 10.8 Å². The summed E-state index contributed by atoms with van der Waals surface area (Å²) in [6.07, 6.45) is 4.11. The molecule has 1 aliphatic carbocycles. The summed E-state index contributed by atoms with van der Waals surface area (Å²) in [7, 11) is 0. The molecule has 0 heterocycles. The third kappa shape index (κ3) is 5.39. The molecule has 0 bridgehead atoms. The second kappa shape index (κ2) is 5.71. The summed E-state index contributed by atoms with van der Waals surface area (Å²) in [6.45, 7) is 6.45. The summed E-state index contributed by atoms with van der Waals surface area (Å²) >= 11 is 0. The lowest BCUT2D eigenvalue weighted by Gasteiger charge is -2.35. The Balaban J connectivity index is 2.59. The molecular weight excluding hydrogens is 216 g/mol. The van der Waals surface area contributed by atoms with Gasteiger partial charge in [0.25, 0.3) is 0 Å². The minimum atomic E-state index is -0.908. The first-order valence-corrected chi connectivity index (χ1v) is 6.53. The van der Waals surface area contributed by atoms with E-state index >= 15 is 0 Å². The van der Waals surface area contributed by atoms with E-state index in [1.54, 1.807) is 0 Å². The fourth-order valence-electron chi connectivity index (χ4n) is 2.70. The number of nitrogens with one attached hydrogen (secondary N) is 1. The fraction of sp³-hybridized carbons (Fsp3) is 0.923. The number of rotatable bonds is 3. The molecule has 0 unspecified atom stereocenters. The van der Waals surface area contributed by atoms with Crippen molar-refractivity contribution in [2.75, 3.05) is 0 Å². The van der Waals surface area contributed by atoms with E-state index in [1.165, 1.54) is 0 Å². The van der Waals surface area contributed by atoms with Gasteiger partial charge in [0.15, 0.2) is 0 Å². The molecule has 1 amide bonds. The lowest BCUT2D eigenvalue weighted by Crippen LogP contribution is -2.44. The van der Waals surface area contributed by atoms with Gasteiger partial charge in [0.2, 0.25) is 0 Å². The molecule has 1 rings (SSSR count). The van der Waals surface area contributed by atoms with Crippen LogP contribution >= 0.6 is 0 Å². The molecule has 17 heavy (non-hydrogen) atoms. The third-order valence-corrected chi connectivity index (χ3v) is 3.53. The van der Waals surface area contributed by atoms with Crippen LogP contribution in [0.25, 0.3) is 0 Å². The van der Waals surface area contributed by atoms with Crippen LogP contribution in [0.3, 0.4) is 0 Å². The van der Waals surface area contributed by atoms with Crippen LogP contribution in [0.15, 0.2) is 0 Å². The van der Waals surface area contributed by atoms with Crippen molar-refractivity contribution in [2.45, 2.75) is 65.0 Å². The van der Waals surface area contributed by atoms with E-state index < -0.39 is 6.09 Å². The number of carboxylic acid groups (broad SMARTS) is 1. The zero-order valence-corrected chi connectivity index (χ0v) is 11.2. The molecule has 100 valence electrons. The van der Waals surface area contributed by atoms with Gasteiger partial charge in [0.05, 0.1) is 0 Å². The largest absolute Gasteiger partial charge is 0.465 e. The van der Waals surface area contributed by atoms with Crippen LogP contribution in [-0.4, -0.2) is 23.3 Å². The molecule has 4 heteroatoms. The van der Waals surface area contributed by atoms with Crippen LogP contribution in [0.5, 0.6) is 0 Å².